The van der Waals surface area contributed by atoms with Crippen LogP contribution in [0.1, 0.15) is 32.7 Å². The first-order valence-corrected chi connectivity index (χ1v) is 10.7. The number of carbonyl (C=O) groups excluding carboxylic acids is 1. The Morgan fingerprint density at radius 1 is 1.03 bits per heavy atom. The molecular formula is C23H23FN2O2S. The van der Waals surface area contributed by atoms with Crippen LogP contribution in [0.2, 0.25) is 0 Å². The van der Waals surface area contributed by atoms with Crippen LogP contribution >= 0.6 is 11.8 Å². The van der Waals surface area contributed by atoms with Gasteiger partial charge in [0.15, 0.2) is 0 Å². The molecule has 3 aromatic rings. The number of pyridine rings is 1. The first-order chi connectivity index (χ1) is 14.0. The van der Waals surface area contributed by atoms with Gasteiger partial charge in [-0.3, -0.25) is 14.2 Å². The minimum atomic E-state index is -0.614. The van der Waals surface area contributed by atoms with Crippen molar-refractivity contribution in [2.45, 2.75) is 25.9 Å². The van der Waals surface area contributed by atoms with Crippen molar-refractivity contribution in [3.8, 4) is 5.69 Å². The summed E-state index contributed by atoms with van der Waals surface area (Å²) in [5.41, 5.74) is 3.52. The standard InChI is InChI=1S/C23H23FN2O2S/c1-16-6-11-21(23(28)26(16)20-5-3-4-19(12-20)13-24)22(27)25-14-17-7-9-18(10-8-17)15-29-2/h3-12H,13-15H2,1-2H3,(H,25,27). The van der Waals surface area contributed by atoms with Crippen LogP contribution in [-0.2, 0) is 19.0 Å². The van der Waals surface area contributed by atoms with E-state index in [0.29, 0.717) is 23.5 Å². The molecule has 3 rings (SSSR count). The highest BCUT2D eigenvalue weighted by atomic mass is 32.2. The van der Waals surface area contributed by atoms with Crippen molar-refractivity contribution < 1.29 is 9.18 Å². The van der Waals surface area contributed by atoms with Gasteiger partial charge in [0.1, 0.15) is 12.2 Å². The summed E-state index contributed by atoms with van der Waals surface area (Å²) < 4.78 is 14.4. The van der Waals surface area contributed by atoms with Gasteiger partial charge in [-0.15, -0.1) is 0 Å². The molecule has 0 fully saturated rings. The second-order valence-electron chi connectivity index (χ2n) is 6.76. The smallest absolute Gasteiger partial charge is 0.268 e. The fourth-order valence-electron chi connectivity index (χ4n) is 3.10. The Bertz CT molecular complexity index is 1060. The van der Waals surface area contributed by atoms with Gasteiger partial charge in [-0.25, -0.2) is 4.39 Å². The van der Waals surface area contributed by atoms with Gasteiger partial charge in [-0.2, -0.15) is 11.8 Å². The molecule has 6 heteroatoms. The van der Waals surface area contributed by atoms with E-state index in [2.05, 4.69) is 11.6 Å². The van der Waals surface area contributed by atoms with E-state index in [1.807, 2.05) is 24.3 Å². The third kappa shape index (κ3) is 4.95. The highest BCUT2D eigenvalue weighted by Gasteiger charge is 2.15. The Morgan fingerprint density at radius 2 is 1.76 bits per heavy atom. The second-order valence-corrected chi connectivity index (χ2v) is 7.63. The van der Waals surface area contributed by atoms with E-state index in [-0.39, 0.29) is 5.56 Å². The number of benzene rings is 2. The lowest BCUT2D eigenvalue weighted by Gasteiger charge is -2.13. The zero-order valence-corrected chi connectivity index (χ0v) is 17.3. The molecule has 4 nitrogen and oxygen atoms in total. The van der Waals surface area contributed by atoms with Crippen molar-refractivity contribution in [3.63, 3.8) is 0 Å². The Morgan fingerprint density at radius 3 is 2.45 bits per heavy atom. The molecule has 0 radical (unpaired) electrons. The summed E-state index contributed by atoms with van der Waals surface area (Å²) in [5.74, 6) is 0.512. The van der Waals surface area contributed by atoms with Gasteiger partial charge in [0.05, 0.1) is 0 Å². The average molecular weight is 411 g/mol. The van der Waals surface area contributed by atoms with Crippen molar-refractivity contribution in [1.82, 2.24) is 9.88 Å². The number of hydrogen-bond donors (Lipinski definition) is 1. The highest BCUT2D eigenvalue weighted by Crippen LogP contribution is 2.13. The van der Waals surface area contributed by atoms with E-state index >= 15 is 0 Å². The largest absolute Gasteiger partial charge is 0.348 e. The number of nitrogens with zero attached hydrogens (tertiary/aromatic N) is 1. The topological polar surface area (TPSA) is 51.1 Å². The summed E-state index contributed by atoms with van der Waals surface area (Å²) in [5, 5.41) is 2.81. The first kappa shape index (κ1) is 20.9. The molecule has 1 aromatic heterocycles. The summed E-state index contributed by atoms with van der Waals surface area (Å²) in [6, 6.07) is 18.0. The summed E-state index contributed by atoms with van der Waals surface area (Å²) in [6.45, 7) is 1.50. The van der Waals surface area contributed by atoms with Crippen molar-refractivity contribution in [3.05, 3.63) is 99.0 Å². The molecule has 0 atom stereocenters. The number of aryl methyl sites for hydroxylation is 1. The predicted molar refractivity (Wildman–Crippen MR) is 116 cm³/mol. The van der Waals surface area contributed by atoms with Crippen LogP contribution in [0.25, 0.3) is 5.69 Å². The van der Waals surface area contributed by atoms with Crippen molar-refractivity contribution in [2.24, 2.45) is 0 Å². The second kappa shape index (κ2) is 9.56. The molecule has 0 spiro atoms. The van der Waals surface area contributed by atoms with Crippen LogP contribution in [0.5, 0.6) is 0 Å². The van der Waals surface area contributed by atoms with E-state index in [1.165, 1.54) is 16.2 Å². The lowest BCUT2D eigenvalue weighted by atomic mass is 10.1. The van der Waals surface area contributed by atoms with Gasteiger partial charge in [0.25, 0.3) is 11.5 Å². The van der Waals surface area contributed by atoms with Gasteiger partial charge >= 0.3 is 0 Å². The quantitative estimate of drug-likeness (QED) is 0.628. The molecule has 0 aliphatic heterocycles. The fourth-order valence-corrected chi connectivity index (χ4v) is 3.63. The van der Waals surface area contributed by atoms with Gasteiger partial charge in [0, 0.05) is 23.7 Å². The number of alkyl halides is 1. The maximum Gasteiger partial charge on any atom is 0.268 e. The fraction of sp³-hybridized carbons (Fsp3) is 0.217. The minimum absolute atomic E-state index is 0.0558. The van der Waals surface area contributed by atoms with Crippen molar-refractivity contribution in [1.29, 1.82) is 0 Å². The normalized spacial score (nSPS) is 10.7. The molecule has 0 saturated heterocycles. The van der Waals surface area contributed by atoms with Crippen LogP contribution in [0.4, 0.5) is 4.39 Å². The Hall–Kier alpha value is -2.86. The Kier molecular flexibility index (Phi) is 6.88. The average Bonchev–Trinajstić information content (AvgIpc) is 2.73. The monoisotopic (exact) mass is 410 g/mol. The minimum Gasteiger partial charge on any atom is -0.348 e. The molecule has 0 saturated carbocycles. The molecule has 1 amide bonds. The summed E-state index contributed by atoms with van der Waals surface area (Å²) >= 11 is 1.75. The molecular weight excluding hydrogens is 387 g/mol. The highest BCUT2D eigenvalue weighted by molar-refractivity contribution is 7.97. The maximum absolute atomic E-state index is 13.0. The number of carbonyl (C=O) groups is 1. The Labute approximate surface area is 173 Å². The molecule has 150 valence electrons. The number of amides is 1. The number of rotatable bonds is 7. The first-order valence-electron chi connectivity index (χ1n) is 9.26. The SMILES string of the molecule is CSCc1ccc(CNC(=O)c2ccc(C)n(-c3cccc(CF)c3)c2=O)cc1. The van der Waals surface area contributed by atoms with E-state index in [9.17, 15) is 14.0 Å². The molecule has 0 bridgehead atoms. The van der Waals surface area contributed by atoms with Gasteiger partial charge in [-0.05, 0) is 54.1 Å². The lowest BCUT2D eigenvalue weighted by Crippen LogP contribution is -2.33. The maximum atomic E-state index is 13.0. The molecule has 2 aromatic carbocycles. The van der Waals surface area contributed by atoms with Crippen LogP contribution in [0, 0.1) is 6.92 Å². The van der Waals surface area contributed by atoms with E-state index in [0.717, 1.165) is 11.3 Å². The number of aromatic nitrogens is 1. The van der Waals surface area contributed by atoms with Crippen LogP contribution < -0.4 is 10.9 Å². The van der Waals surface area contributed by atoms with Crippen LogP contribution in [-0.4, -0.2) is 16.7 Å². The van der Waals surface area contributed by atoms with Gasteiger partial charge in [0.2, 0.25) is 0 Å². The summed E-state index contributed by atoms with van der Waals surface area (Å²) in [7, 11) is 0. The van der Waals surface area contributed by atoms with Crippen molar-refractivity contribution >= 4 is 17.7 Å². The predicted octanol–water partition coefficient (Wildman–Crippen LogP) is 4.41. The molecule has 29 heavy (non-hydrogen) atoms. The van der Waals surface area contributed by atoms with Crippen LogP contribution in [0.3, 0.4) is 0 Å². The third-order valence-electron chi connectivity index (χ3n) is 4.63. The number of hydrogen-bond acceptors (Lipinski definition) is 3. The molecule has 1 N–H and O–H groups in total. The zero-order valence-electron chi connectivity index (χ0n) is 16.4. The number of thioether (sulfide) groups is 1. The van der Waals surface area contributed by atoms with Crippen molar-refractivity contribution in [2.75, 3.05) is 6.26 Å². The zero-order chi connectivity index (χ0) is 20.8. The molecule has 1 heterocycles. The number of nitrogens with one attached hydrogen (secondary N) is 1. The van der Waals surface area contributed by atoms with E-state index in [4.69, 9.17) is 0 Å². The molecule has 0 aliphatic rings. The molecule has 0 aliphatic carbocycles. The van der Waals surface area contributed by atoms with E-state index in [1.54, 1.807) is 49.0 Å². The van der Waals surface area contributed by atoms with E-state index < -0.39 is 18.1 Å². The lowest BCUT2D eigenvalue weighted by molar-refractivity contribution is 0.0949. The summed E-state index contributed by atoms with van der Waals surface area (Å²) in [4.78, 5) is 25.6. The van der Waals surface area contributed by atoms with Gasteiger partial charge in [-0.1, -0.05) is 36.4 Å². The Balaban J connectivity index is 1.81. The van der Waals surface area contributed by atoms with Crippen LogP contribution in [0.15, 0.2) is 65.5 Å². The summed E-state index contributed by atoms with van der Waals surface area (Å²) in [6.07, 6.45) is 2.05. The molecule has 0 unspecified atom stereocenters. The third-order valence-corrected chi connectivity index (χ3v) is 5.25. The number of halogens is 1. The van der Waals surface area contributed by atoms with Gasteiger partial charge < -0.3 is 5.32 Å².